The van der Waals surface area contributed by atoms with Crippen LogP contribution in [0.15, 0.2) is 91.0 Å². The molecule has 2 aliphatic heterocycles. The molecule has 2 aliphatic rings. The van der Waals surface area contributed by atoms with Crippen LogP contribution in [0.1, 0.15) is 107 Å². The number of carbonyl (C=O) groups is 2. The van der Waals surface area contributed by atoms with Crippen LogP contribution in [-0.2, 0) is 21.8 Å². The lowest BCUT2D eigenvalue weighted by Gasteiger charge is -2.42. The molecule has 0 aliphatic carbocycles. The summed E-state index contributed by atoms with van der Waals surface area (Å²) in [6, 6.07) is 17.7. The van der Waals surface area contributed by atoms with E-state index in [-0.39, 0.29) is 49.2 Å². The summed E-state index contributed by atoms with van der Waals surface area (Å²) in [7, 11) is 0. The molecule has 0 bridgehead atoms. The van der Waals surface area contributed by atoms with Gasteiger partial charge in [0.1, 0.15) is 11.3 Å². The van der Waals surface area contributed by atoms with Gasteiger partial charge in [-0.25, -0.2) is 9.59 Å². The lowest BCUT2D eigenvalue weighted by Crippen LogP contribution is -2.46. The maximum atomic E-state index is 14.3. The minimum atomic E-state index is -4.56. The highest BCUT2D eigenvalue weighted by Gasteiger charge is 2.38. The molecule has 64 heavy (non-hydrogen) atoms. The molecule has 4 aromatic rings. The molecule has 4 aromatic carbocycles. The van der Waals surface area contributed by atoms with Gasteiger partial charge in [0, 0.05) is 55.2 Å². The summed E-state index contributed by atoms with van der Waals surface area (Å²) in [6.07, 6.45) is -15.6. The van der Waals surface area contributed by atoms with Gasteiger partial charge in [-0.3, -0.25) is 0 Å². The maximum Gasteiger partial charge on any atom is 0.416 e. The Kier molecular flexibility index (Phi) is 14.6. The van der Waals surface area contributed by atoms with E-state index >= 15 is 0 Å². The zero-order valence-electron chi connectivity index (χ0n) is 34.7. The van der Waals surface area contributed by atoms with E-state index in [2.05, 4.69) is 0 Å². The topological polar surface area (TPSA) is 88.5 Å². The summed E-state index contributed by atoms with van der Waals surface area (Å²) in [5, 5.41) is 10.0. The van der Waals surface area contributed by atoms with Gasteiger partial charge in [-0.05, 0) is 97.5 Å². The molecule has 8 nitrogen and oxygen atoms in total. The second-order valence-electron chi connectivity index (χ2n) is 15.9. The highest BCUT2D eigenvalue weighted by molar-refractivity contribution is 5.96. The van der Waals surface area contributed by atoms with Gasteiger partial charge in [0.2, 0.25) is 0 Å². The number of ether oxygens (including phenoxy) is 3. The third-order valence-electron chi connectivity index (χ3n) is 11.8. The number of aromatic carboxylic acids is 1. The van der Waals surface area contributed by atoms with E-state index in [0.717, 1.165) is 24.3 Å². The minimum absolute atomic E-state index is 0.0412. The van der Waals surface area contributed by atoms with Crippen molar-refractivity contribution in [3.63, 3.8) is 0 Å². The Bertz CT molecular complexity index is 2220. The molecular formula is C46H46F10N2O6. The number of benzene rings is 4. The number of anilines is 2. The van der Waals surface area contributed by atoms with E-state index in [1.54, 1.807) is 9.80 Å². The Balaban J connectivity index is 1.24. The summed E-state index contributed by atoms with van der Waals surface area (Å²) >= 11 is 0. The lowest BCUT2D eigenvalue weighted by atomic mass is 9.86. The molecule has 1 N–H and O–H groups in total. The smallest absolute Gasteiger partial charge is 0.416 e. The molecule has 6 rings (SSSR count). The highest BCUT2D eigenvalue weighted by atomic mass is 19.4. The second kappa shape index (κ2) is 19.4. The molecule has 0 aromatic heterocycles. The fourth-order valence-electron chi connectivity index (χ4n) is 8.01. The van der Waals surface area contributed by atoms with Crippen molar-refractivity contribution in [1.29, 1.82) is 0 Å². The number of carboxylic acids is 1. The Labute approximate surface area is 362 Å². The van der Waals surface area contributed by atoms with Crippen LogP contribution in [0.4, 0.5) is 55.3 Å². The number of hydrogen-bond acceptors (Lipinski definition) is 7. The summed E-state index contributed by atoms with van der Waals surface area (Å²) in [4.78, 5) is 29.4. The van der Waals surface area contributed by atoms with Gasteiger partial charge in [0.05, 0.1) is 42.0 Å². The SMILES string of the molecule is CCC(F)(F)OC[C@H]1CC[C@@H](c2ccc(C(F)(F)F)cc2)CN1c1ccc(C(=O)O)c(OC(=O)c2ccc(N3C[C@@H](c4ccc(C(F)(F)F)cc4)CC[C@H]3COC(F)(F)CC)cc2)c1. The zero-order chi connectivity index (χ0) is 46.6. The molecule has 0 spiro atoms. The molecule has 4 atom stereocenters. The van der Waals surface area contributed by atoms with Crippen molar-refractivity contribution in [1.82, 2.24) is 0 Å². The zero-order valence-corrected chi connectivity index (χ0v) is 34.7. The Morgan fingerprint density at radius 3 is 1.42 bits per heavy atom. The van der Waals surface area contributed by atoms with Crippen molar-refractivity contribution < 1.29 is 72.8 Å². The van der Waals surface area contributed by atoms with Gasteiger partial charge in [-0.1, -0.05) is 38.1 Å². The highest BCUT2D eigenvalue weighted by Crippen LogP contribution is 2.40. The quantitative estimate of drug-likeness (QED) is 0.0717. The van der Waals surface area contributed by atoms with E-state index in [4.69, 9.17) is 14.2 Å². The number of carbonyl (C=O) groups excluding carboxylic acids is 1. The summed E-state index contributed by atoms with van der Waals surface area (Å²) in [5.41, 5.74) is -0.187. The van der Waals surface area contributed by atoms with E-state index in [1.165, 1.54) is 80.6 Å². The largest absolute Gasteiger partial charge is 0.478 e. The van der Waals surface area contributed by atoms with Crippen molar-refractivity contribution in [3.05, 3.63) is 124 Å². The first-order valence-electron chi connectivity index (χ1n) is 20.7. The lowest BCUT2D eigenvalue weighted by molar-refractivity contribution is -0.242. The van der Waals surface area contributed by atoms with Gasteiger partial charge >= 0.3 is 36.5 Å². The van der Waals surface area contributed by atoms with Gasteiger partial charge in [0.15, 0.2) is 0 Å². The van der Waals surface area contributed by atoms with Crippen LogP contribution >= 0.6 is 0 Å². The fourth-order valence-corrected chi connectivity index (χ4v) is 8.01. The number of esters is 1. The third kappa shape index (κ3) is 11.9. The van der Waals surface area contributed by atoms with Crippen LogP contribution in [0, 0.1) is 0 Å². The first kappa shape index (κ1) is 48.1. The number of halogens is 10. The van der Waals surface area contributed by atoms with Crippen LogP contribution in [0.5, 0.6) is 5.75 Å². The summed E-state index contributed by atoms with van der Waals surface area (Å²) in [5.74, 6) is -3.48. The second-order valence-corrected chi connectivity index (χ2v) is 15.9. The molecule has 346 valence electrons. The van der Waals surface area contributed by atoms with Crippen molar-refractivity contribution in [3.8, 4) is 5.75 Å². The van der Waals surface area contributed by atoms with Gasteiger partial charge in [-0.15, -0.1) is 0 Å². The Hall–Kier alpha value is -5.36. The summed E-state index contributed by atoms with van der Waals surface area (Å²) in [6.45, 7) is 2.03. The molecule has 2 saturated heterocycles. The fraction of sp³-hybridized carbons (Fsp3) is 0.435. The maximum absolute atomic E-state index is 14.3. The molecule has 18 heteroatoms. The number of alkyl halides is 10. The van der Waals surface area contributed by atoms with Crippen molar-refractivity contribution in [2.75, 3.05) is 36.1 Å². The Morgan fingerprint density at radius 1 is 0.594 bits per heavy atom. The van der Waals surface area contributed by atoms with Gasteiger partial charge < -0.3 is 29.1 Å². The van der Waals surface area contributed by atoms with E-state index < -0.39 is 90.5 Å². The molecule has 2 fully saturated rings. The van der Waals surface area contributed by atoms with Crippen molar-refractivity contribution >= 4 is 23.3 Å². The number of hydrogen-bond donors (Lipinski definition) is 1. The van der Waals surface area contributed by atoms with Crippen LogP contribution in [0.25, 0.3) is 0 Å². The van der Waals surface area contributed by atoms with Gasteiger partial charge in [0.25, 0.3) is 0 Å². The predicted octanol–water partition coefficient (Wildman–Crippen LogP) is 12.2. The van der Waals surface area contributed by atoms with Crippen LogP contribution in [0.3, 0.4) is 0 Å². The van der Waals surface area contributed by atoms with E-state index in [1.807, 2.05) is 0 Å². The van der Waals surface area contributed by atoms with E-state index in [0.29, 0.717) is 36.1 Å². The van der Waals surface area contributed by atoms with Crippen LogP contribution < -0.4 is 14.5 Å². The van der Waals surface area contributed by atoms with Crippen molar-refractivity contribution in [2.24, 2.45) is 0 Å². The monoisotopic (exact) mass is 912 g/mol. The first-order chi connectivity index (χ1) is 30.1. The van der Waals surface area contributed by atoms with Crippen LogP contribution in [-0.4, -0.2) is 67.6 Å². The molecule has 2 heterocycles. The van der Waals surface area contributed by atoms with Gasteiger partial charge in [-0.2, -0.15) is 43.9 Å². The normalized spacial score (nSPS) is 20.0. The summed E-state index contributed by atoms with van der Waals surface area (Å²) < 4.78 is 152. The first-order valence-corrected chi connectivity index (χ1v) is 20.7. The molecule has 0 amide bonds. The predicted molar refractivity (Wildman–Crippen MR) is 216 cm³/mol. The average Bonchev–Trinajstić information content (AvgIpc) is 3.27. The Morgan fingerprint density at radius 2 is 1.02 bits per heavy atom. The minimum Gasteiger partial charge on any atom is -0.478 e. The number of nitrogens with zero attached hydrogens (tertiary/aromatic N) is 2. The third-order valence-corrected chi connectivity index (χ3v) is 11.8. The molecule has 0 saturated carbocycles. The molecule has 0 unspecified atom stereocenters. The van der Waals surface area contributed by atoms with Crippen LogP contribution in [0.2, 0.25) is 0 Å². The number of rotatable bonds is 15. The molecular weight excluding hydrogens is 866 g/mol. The standard InChI is InChI=1S/C46H46F10N2O6/c1-3-43(47,48)62-26-37-19-11-31(28-5-13-33(14-6-28)45(51,52)53)24-57(37)35-17-9-30(10-18-35)42(61)64-40-23-36(21-22-39(40)41(59)60)58-25-32(12-20-38(58)27-63-44(49,50)4-2)29-7-15-34(16-8-29)46(54,55)56/h5-10,13-18,21-23,31-32,37-38H,3-4,11-12,19-20,24-27H2,1-2H3,(H,59,60)/t31-,32+,37-,38+/m0/s1. The number of carboxylic acid groups (broad SMARTS) is 1. The average molecular weight is 913 g/mol. The van der Waals surface area contributed by atoms with Crippen molar-refractivity contribution in [2.45, 2.75) is 101 Å². The van der Waals surface area contributed by atoms with E-state index in [9.17, 15) is 58.6 Å². The molecule has 0 radical (unpaired) electrons. The number of piperidine rings is 2.